The summed E-state index contributed by atoms with van der Waals surface area (Å²) in [6, 6.07) is 1.84. The van der Waals surface area contributed by atoms with Crippen LogP contribution in [0.1, 0.15) is 5.69 Å². The van der Waals surface area contributed by atoms with E-state index in [2.05, 4.69) is 15.0 Å². The van der Waals surface area contributed by atoms with E-state index in [4.69, 9.17) is 4.74 Å². The molecule has 0 radical (unpaired) electrons. The van der Waals surface area contributed by atoms with Crippen LogP contribution in [0.3, 0.4) is 0 Å². The average molecular weight is 175 g/mol. The summed E-state index contributed by atoms with van der Waals surface area (Å²) in [5.41, 5.74) is 2.52. The maximum atomic E-state index is 5.04. The van der Waals surface area contributed by atoms with Gasteiger partial charge in [-0.05, 0) is 6.92 Å². The number of aromatic nitrogens is 3. The fourth-order valence-electron chi connectivity index (χ4n) is 1.16. The minimum absolute atomic E-state index is 0.714. The zero-order valence-electron chi connectivity index (χ0n) is 7.48. The van der Waals surface area contributed by atoms with Crippen LogP contribution in [0.5, 0.6) is 5.75 Å². The maximum absolute atomic E-state index is 5.04. The minimum Gasteiger partial charge on any atom is -0.495 e. The van der Waals surface area contributed by atoms with Crippen LogP contribution in [0.15, 0.2) is 18.6 Å². The van der Waals surface area contributed by atoms with Gasteiger partial charge in [0, 0.05) is 6.07 Å². The van der Waals surface area contributed by atoms with Crippen LogP contribution >= 0.6 is 0 Å². The first-order valence-electron chi connectivity index (χ1n) is 3.92. The summed E-state index contributed by atoms with van der Waals surface area (Å²) < 4.78 is 5.04. The standard InChI is InChI=1S/C9H9N3O/c1-6-9-8(12-5-11-6)3-7(13-2)4-10-9/h3-5H,1-2H3. The monoisotopic (exact) mass is 175 g/mol. The SMILES string of the molecule is COc1cnc2c(C)ncnc2c1. The Hall–Kier alpha value is -1.71. The fraction of sp³-hybridized carbons (Fsp3) is 0.222. The molecular weight excluding hydrogens is 166 g/mol. The highest BCUT2D eigenvalue weighted by molar-refractivity contribution is 5.76. The Bertz CT molecular complexity index is 442. The molecule has 4 heteroatoms. The Labute approximate surface area is 75.6 Å². The van der Waals surface area contributed by atoms with Crippen LogP contribution in [-0.2, 0) is 0 Å². The molecule has 2 aromatic heterocycles. The van der Waals surface area contributed by atoms with Gasteiger partial charge in [0.1, 0.15) is 17.6 Å². The van der Waals surface area contributed by atoms with E-state index >= 15 is 0 Å². The quantitative estimate of drug-likeness (QED) is 0.656. The first-order valence-corrected chi connectivity index (χ1v) is 3.92. The summed E-state index contributed by atoms with van der Waals surface area (Å²) in [6.45, 7) is 1.91. The highest BCUT2D eigenvalue weighted by Crippen LogP contribution is 2.16. The number of ether oxygens (including phenoxy) is 1. The Morgan fingerprint density at radius 1 is 1.23 bits per heavy atom. The molecule has 0 fully saturated rings. The number of pyridine rings is 1. The van der Waals surface area contributed by atoms with Gasteiger partial charge >= 0.3 is 0 Å². The number of nitrogens with zero attached hydrogens (tertiary/aromatic N) is 3. The number of hydrogen-bond acceptors (Lipinski definition) is 4. The van der Waals surface area contributed by atoms with Crippen LogP contribution in [0.4, 0.5) is 0 Å². The van der Waals surface area contributed by atoms with E-state index in [1.54, 1.807) is 13.3 Å². The number of fused-ring (bicyclic) bond motifs is 1. The summed E-state index contributed by atoms with van der Waals surface area (Å²) in [5, 5.41) is 0. The molecular formula is C9H9N3O. The molecule has 0 aliphatic rings. The average Bonchev–Trinajstić information content (AvgIpc) is 2.18. The highest BCUT2D eigenvalue weighted by atomic mass is 16.5. The predicted molar refractivity (Wildman–Crippen MR) is 48.6 cm³/mol. The summed E-state index contributed by atoms with van der Waals surface area (Å²) in [6.07, 6.45) is 3.19. The second-order valence-electron chi connectivity index (χ2n) is 2.70. The van der Waals surface area contributed by atoms with Crippen molar-refractivity contribution in [1.29, 1.82) is 0 Å². The van der Waals surface area contributed by atoms with E-state index in [1.165, 1.54) is 6.33 Å². The molecule has 0 bridgehead atoms. The summed E-state index contributed by atoms with van der Waals surface area (Å²) in [4.78, 5) is 12.3. The van der Waals surface area contributed by atoms with E-state index in [-0.39, 0.29) is 0 Å². The minimum atomic E-state index is 0.714. The molecule has 2 aromatic rings. The van der Waals surface area contributed by atoms with Gasteiger partial charge in [-0.25, -0.2) is 15.0 Å². The van der Waals surface area contributed by atoms with Crippen molar-refractivity contribution in [2.24, 2.45) is 0 Å². The smallest absolute Gasteiger partial charge is 0.139 e. The summed E-state index contributed by atoms with van der Waals surface area (Å²) in [5.74, 6) is 0.714. The molecule has 0 aliphatic heterocycles. The van der Waals surface area contributed by atoms with Crippen molar-refractivity contribution in [3.05, 3.63) is 24.3 Å². The number of hydrogen-bond donors (Lipinski definition) is 0. The molecule has 2 rings (SSSR count). The molecule has 0 unspecified atom stereocenters. The largest absolute Gasteiger partial charge is 0.495 e. The Morgan fingerprint density at radius 3 is 2.85 bits per heavy atom. The van der Waals surface area contributed by atoms with Crippen molar-refractivity contribution in [1.82, 2.24) is 15.0 Å². The second-order valence-corrected chi connectivity index (χ2v) is 2.70. The Kier molecular flexibility index (Phi) is 1.81. The molecule has 0 aromatic carbocycles. The van der Waals surface area contributed by atoms with Crippen molar-refractivity contribution in [2.45, 2.75) is 6.92 Å². The first kappa shape index (κ1) is 7.91. The fourth-order valence-corrected chi connectivity index (χ4v) is 1.16. The third kappa shape index (κ3) is 1.30. The number of methoxy groups -OCH3 is 1. The van der Waals surface area contributed by atoms with Gasteiger partial charge in [0.05, 0.1) is 24.5 Å². The van der Waals surface area contributed by atoms with Gasteiger partial charge < -0.3 is 4.74 Å². The lowest BCUT2D eigenvalue weighted by Crippen LogP contribution is -1.91. The van der Waals surface area contributed by atoms with E-state index in [1.807, 2.05) is 13.0 Å². The van der Waals surface area contributed by atoms with Gasteiger partial charge in [-0.15, -0.1) is 0 Å². The molecule has 4 nitrogen and oxygen atoms in total. The lowest BCUT2D eigenvalue weighted by atomic mass is 10.3. The van der Waals surface area contributed by atoms with Gasteiger partial charge in [-0.1, -0.05) is 0 Å². The Balaban J connectivity index is 2.72. The molecule has 0 aliphatic carbocycles. The van der Waals surface area contributed by atoms with Gasteiger partial charge in [-0.3, -0.25) is 0 Å². The Morgan fingerprint density at radius 2 is 2.08 bits per heavy atom. The molecule has 0 saturated heterocycles. The van der Waals surface area contributed by atoms with Crippen molar-refractivity contribution < 1.29 is 4.74 Å². The van der Waals surface area contributed by atoms with Gasteiger partial charge in [-0.2, -0.15) is 0 Å². The van der Waals surface area contributed by atoms with Crippen LogP contribution in [0.2, 0.25) is 0 Å². The maximum Gasteiger partial charge on any atom is 0.139 e. The van der Waals surface area contributed by atoms with Crippen LogP contribution in [0.25, 0.3) is 11.0 Å². The predicted octanol–water partition coefficient (Wildman–Crippen LogP) is 1.34. The molecule has 66 valence electrons. The first-order chi connectivity index (χ1) is 6.31. The van der Waals surface area contributed by atoms with E-state index in [0.717, 1.165) is 16.7 Å². The van der Waals surface area contributed by atoms with Crippen molar-refractivity contribution in [2.75, 3.05) is 7.11 Å². The van der Waals surface area contributed by atoms with E-state index < -0.39 is 0 Å². The molecule has 0 N–H and O–H groups in total. The van der Waals surface area contributed by atoms with Gasteiger partial charge in [0.15, 0.2) is 0 Å². The van der Waals surface area contributed by atoms with Crippen LogP contribution < -0.4 is 4.74 Å². The van der Waals surface area contributed by atoms with Crippen LogP contribution in [-0.4, -0.2) is 22.1 Å². The van der Waals surface area contributed by atoms with E-state index in [9.17, 15) is 0 Å². The summed E-state index contributed by atoms with van der Waals surface area (Å²) >= 11 is 0. The third-order valence-corrected chi connectivity index (χ3v) is 1.87. The lowest BCUT2D eigenvalue weighted by Gasteiger charge is -2.01. The molecule has 0 spiro atoms. The molecule has 0 saturated carbocycles. The van der Waals surface area contributed by atoms with Crippen LogP contribution in [0, 0.1) is 6.92 Å². The molecule has 2 heterocycles. The zero-order valence-corrected chi connectivity index (χ0v) is 7.48. The zero-order chi connectivity index (χ0) is 9.26. The number of aryl methyl sites for hydroxylation is 1. The topological polar surface area (TPSA) is 47.9 Å². The molecule has 0 atom stereocenters. The normalized spacial score (nSPS) is 10.3. The van der Waals surface area contributed by atoms with Crippen molar-refractivity contribution in [3.63, 3.8) is 0 Å². The lowest BCUT2D eigenvalue weighted by molar-refractivity contribution is 0.413. The highest BCUT2D eigenvalue weighted by Gasteiger charge is 2.01. The second kappa shape index (κ2) is 2.97. The molecule has 13 heavy (non-hydrogen) atoms. The third-order valence-electron chi connectivity index (χ3n) is 1.87. The van der Waals surface area contributed by atoms with Gasteiger partial charge in [0.2, 0.25) is 0 Å². The van der Waals surface area contributed by atoms with Crippen molar-refractivity contribution >= 4 is 11.0 Å². The number of rotatable bonds is 1. The molecule has 0 amide bonds. The van der Waals surface area contributed by atoms with Crippen molar-refractivity contribution in [3.8, 4) is 5.75 Å². The van der Waals surface area contributed by atoms with Gasteiger partial charge in [0.25, 0.3) is 0 Å². The van der Waals surface area contributed by atoms with E-state index in [0.29, 0.717) is 5.75 Å². The summed E-state index contributed by atoms with van der Waals surface area (Å²) in [7, 11) is 1.61.